The molecule has 1 aromatic heterocycles. The Kier molecular flexibility index (Phi) is 5.38. The Labute approximate surface area is 171 Å². The number of amides is 2. The van der Waals surface area contributed by atoms with Gasteiger partial charge in [-0.2, -0.15) is 5.11 Å². The lowest BCUT2D eigenvalue weighted by atomic mass is 10.0. The minimum Gasteiger partial charge on any atom is -0.324 e. The molecule has 0 spiro atoms. The predicted octanol–water partition coefficient (Wildman–Crippen LogP) is 3.14. The van der Waals surface area contributed by atoms with E-state index in [1.54, 1.807) is 24.3 Å². The fourth-order valence-corrected chi connectivity index (χ4v) is 3.05. The van der Waals surface area contributed by atoms with Crippen molar-refractivity contribution in [3.63, 3.8) is 0 Å². The molecular weight excluding hydrogens is 382 g/mol. The largest absolute Gasteiger partial charge is 0.324 e. The average molecular weight is 399 g/mol. The number of hydrogen-bond donors (Lipinski definition) is 1. The van der Waals surface area contributed by atoms with Crippen molar-refractivity contribution in [3.8, 4) is 11.3 Å². The van der Waals surface area contributed by atoms with Gasteiger partial charge in [0.15, 0.2) is 0 Å². The van der Waals surface area contributed by atoms with E-state index in [4.69, 9.17) is 0 Å². The summed E-state index contributed by atoms with van der Waals surface area (Å²) in [4.78, 5) is 40.5. The predicted molar refractivity (Wildman–Crippen MR) is 111 cm³/mol. The Morgan fingerprint density at radius 3 is 2.53 bits per heavy atom. The van der Waals surface area contributed by atoms with E-state index in [-0.39, 0.29) is 18.0 Å². The van der Waals surface area contributed by atoms with Crippen molar-refractivity contribution >= 4 is 17.5 Å². The standard InChI is InChI=1S/C22H17N5O3/c28-20-11-10-18(25-26-20)16-8-4-5-9-17(16)24-21(29)13-27-14-23-19(12-22(27)30)15-6-2-1-3-7-15/h1-12,14,18H,13H2,(H,24,29). The number of carbonyl (C=O) groups is 2. The van der Waals surface area contributed by atoms with Gasteiger partial charge >= 0.3 is 0 Å². The molecule has 3 aromatic rings. The number of aromatic nitrogens is 2. The fourth-order valence-electron chi connectivity index (χ4n) is 3.05. The molecule has 1 aliphatic heterocycles. The van der Waals surface area contributed by atoms with E-state index in [2.05, 4.69) is 20.5 Å². The molecular formula is C22H17N5O3. The van der Waals surface area contributed by atoms with Gasteiger partial charge in [-0.15, -0.1) is 5.11 Å². The van der Waals surface area contributed by atoms with Crippen LogP contribution < -0.4 is 10.9 Å². The SMILES string of the molecule is O=C1C=CC(c2ccccc2NC(=O)Cn2cnc(-c3ccccc3)cc2=O)N=N1. The summed E-state index contributed by atoms with van der Waals surface area (Å²) in [5.41, 5.74) is 2.28. The number of nitrogens with zero attached hydrogens (tertiary/aromatic N) is 4. The van der Waals surface area contributed by atoms with E-state index >= 15 is 0 Å². The van der Waals surface area contributed by atoms with Gasteiger partial charge in [-0.05, 0) is 12.1 Å². The van der Waals surface area contributed by atoms with Crippen LogP contribution in [0.2, 0.25) is 0 Å². The molecule has 1 atom stereocenters. The van der Waals surface area contributed by atoms with Gasteiger partial charge < -0.3 is 5.32 Å². The molecule has 8 heteroatoms. The third-order valence-electron chi connectivity index (χ3n) is 4.52. The quantitative estimate of drug-likeness (QED) is 0.711. The van der Waals surface area contributed by atoms with Crippen LogP contribution >= 0.6 is 0 Å². The lowest BCUT2D eigenvalue weighted by Crippen LogP contribution is -2.27. The number of carbonyl (C=O) groups excluding carboxylic acids is 2. The van der Waals surface area contributed by atoms with Crippen LogP contribution in [0, 0.1) is 0 Å². The molecule has 1 aliphatic rings. The van der Waals surface area contributed by atoms with Crippen molar-refractivity contribution in [2.24, 2.45) is 10.2 Å². The van der Waals surface area contributed by atoms with Gasteiger partial charge in [-0.3, -0.25) is 19.0 Å². The molecule has 0 fully saturated rings. The van der Waals surface area contributed by atoms with E-state index in [1.165, 1.54) is 23.0 Å². The summed E-state index contributed by atoms with van der Waals surface area (Å²) in [6.07, 6.45) is 4.33. The van der Waals surface area contributed by atoms with Crippen LogP contribution in [0.15, 0.2) is 94.2 Å². The van der Waals surface area contributed by atoms with E-state index in [0.29, 0.717) is 16.9 Å². The van der Waals surface area contributed by atoms with Crippen LogP contribution in [-0.4, -0.2) is 21.4 Å². The minimum absolute atomic E-state index is 0.185. The Balaban J connectivity index is 1.50. The number of hydrogen-bond acceptors (Lipinski definition) is 5. The van der Waals surface area contributed by atoms with Gasteiger partial charge in [0.05, 0.1) is 12.0 Å². The third kappa shape index (κ3) is 4.27. The van der Waals surface area contributed by atoms with E-state index in [1.807, 2.05) is 36.4 Å². The summed E-state index contributed by atoms with van der Waals surface area (Å²) < 4.78 is 1.24. The normalized spacial score (nSPS) is 15.2. The maximum absolute atomic E-state index is 12.6. The first-order valence-electron chi connectivity index (χ1n) is 9.24. The molecule has 2 amide bonds. The molecule has 8 nitrogen and oxygen atoms in total. The number of nitrogens with one attached hydrogen (secondary N) is 1. The van der Waals surface area contributed by atoms with Crippen LogP contribution in [0.3, 0.4) is 0 Å². The maximum atomic E-state index is 12.6. The molecule has 0 bridgehead atoms. The highest BCUT2D eigenvalue weighted by atomic mass is 16.2. The second-order valence-electron chi connectivity index (χ2n) is 6.60. The summed E-state index contributed by atoms with van der Waals surface area (Å²) in [7, 11) is 0. The van der Waals surface area contributed by atoms with Crippen molar-refractivity contribution < 1.29 is 9.59 Å². The van der Waals surface area contributed by atoms with Crippen molar-refractivity contribution in [2.45, 2.75) is 12.6 Å². The number of rotatable bonds is 5. The zero-order valence-electron chi connectivity index (χ0n) is 15.8. The molecule has 2 aromatic carbocycles. The van der Waals surface area contributed by atoms with Gasteiger partial charge in [-0.25, -0.2) is 4.98 Å². The Bertz CT molecular complexity index is 1200. The van der Waals surface area contributed by atoms with Gasteiger partial charge in [-0.1, -0.05) is 48.5 Å². The summed E-state index contributed by atoms with van der Waals surface area (Å²) in [6.45, 7) is -0.185. The first-order chi connectivity index (χ1) is 14.6. The minimum atomic E-state index is -0.464. The molecule has 2 heterocycles. The highest BCUT2D eigenvalue weighted by Crippen LogP contribution is 2.28. The highest BCUT2D eigenvalue weighted by molar-refractivity contribution is 5.92. The molecule has 0 radical (unpaired) electrons. The van der Waals surface area contributed by atoms with Gasteiger partial charge in [0.1, 0.15) is 12.6 Å². The van der Waals surface area contributed by atoms with E-state index < -0.39 is 11.9 Å². The third-order valence-corrected chi connectivity index (χ3v) is 4.52. The zero-order chi connectivity index (χ0) is 20.9. The summed E-state index contributed by atoms with van der Waals surface area (Å²) in [6, 6.07) is 17.4. The monoisotopic (exact) mass is 399 g/mol. The van der Waals surface area contributed by atoms with Crippen LogP contribution in [-0.2, 0) is 16.1 Å². The molecule has 0 saturated carbocycles. The summed E-state index contributed by atoms with van der Waals surface area (Å²) in [5.74, 6) is -0.801. The molecule has 4 rings (SSSR count). The first kappa shape index (κ1) is 19.1. The maximum Gasteiger partial charge on any atom is 0.287 e. The molecule has 30 heavy (non-hydrogen) atoms. The van der Waals surface area contributed by atoms with Crippen LogP contribution in [0.25, 0.3) is 11.3 Å². The van der Waals surface area contributed by atoms with Crippen LogP contribution in [0.5, 0.6) is 0 Å². The van der Waals surface area contributed by atoms with Gasteiger partial charge in [0.25, 0.3) is 11.5 Å². The Morgan fingerprint density at radius 2 is 1.80 bits per heavy atom. The molecule has 0 aliphatic carbocycles. The molecule has 148 valence electrons. The molecule has 1 N–H and O–H groups in total. The average Bonchev–Trinajstić information content (AvgIpc) is 2.77. The van der Waals surface area contributed by atoms with Crippen molar-refractivity contribution in [1.29, 1.82) is 0 Å². The van der Waals surface area contributed by atoms with Gasteiger partial charge in [0.2, 0.25) is 5.91 Å². The molecule has 0 saturated heterocycles. The summed E-state index contributed by atoms with van der Waals surface area (Å²) in [5, 5.41) is 10.3. The zero-order valence-corrected chi connectivity index (χ0v) is 15.8. The first-order valence-corrected chi connectivity index (χ1v) is 9.24. The smallest absolute Gasteiger partial charge is 0.287 e. The fraction of sp³-hybridized carbons (Fsp3) is 0.0909. The topological polar surface area (TPSA) is 106 Å². The van der Waals surface area contributed by atoms with Crippen molar-refractivity contribution in [2.75, 3.05) is 5.32 Å². The van der Waals surface area contributed by atoms with Gasteiger partial charge in [0, 0.05) is 29.0 Å². The van der Waals surface area contributed by atoms with E-state index in [9.17, 15) is 14.4 Å². The Morgan fingerprint density at radius 1 is 1.03 bits per heavy atom. The van der Waals surface area contributed by atoms with E-state index in [0.717, 1.165) is 5.56 Å². The van der Waals surface area contributed by atoms with Crippen molar-refractivity contribution in [1.82, 2.24) is 9.55 Å². The van der Waals surface area contributed by atoms with Crippen molar-refractivity contribution in [3.05, 3.63) is 95.1 Å². The number of benzene rings is 2. The number of azo groups is 1. The lowest BCUT2D eigenvalue weighted by molar-refractivity contribution is -0.117. The lowest BCUT2D eigenvalue weighted by Gasteiger charge is -2.15. The van der Waals surface area contributed by atoms with Crippen LogP contribution in [0.1, 0.15) is 11.6 Å². The second kappa shape index (κ2) is 8.44. The molecule has 1 unspecified atom stereocenters. The number of para-hydroxylation sites is 1. The number of anilines is 1. The van der Waals surface area contributed by atoms with Crippen LogP contribution in [0.4, 0.5) is 5.69 Å². The second-order valence-corrected chi connectivity index (χ2v) is 6.60. The highest BCUT2D eigenvalue weighted by Gasteiger charge is 2.17. The Hall–Kier alpha value is -4.20. The summed E-state index contributed by atoms with van der Waals surface area (Å²) >= 11 is 0.